The van der Waals surface area contributed by atoms with Crippen LogP contribution in [0.4, 0.5) is 5.69 Å². The number of likely N-dealkylation sites (N-methyl/N-ethyl adjacent to an activating group) is 1. The van der Waals surface area contributed by atoms with Crippen molar-refractivity contribution in [3.8, 4) is 0 Å². The van der Waals surface area contributed by atoms with E-state index in [0.717, 1.165) is 37.7 Å². The Morgan fingerprint density at radius 2 is 2.08 bits per heavy atom. The Labute approximate surface area is 153 Å². The molecule has 0 radical (unpaired) electrons. The molecule has 0 spiro atoms. The highest BCUT2D eigenvalue weighted by atomic mass is 79.9. The Bertz CT molecular complexity index is 845. The normalized spacial score (nSPS) is 12.3. The molecule has 0 aliphatic rings. The van der Waals surface area contributed by atoms with E-state index in [1.54, 1.807) is 11.3 Å². The summed E-state index contributed by atoms with van der Waals surface area (Å²) in [6, 6.07) is 14.0. The lowest BCUT2D eigenvalue weighted by atomic mass is 10.2. The second kappa shape index (κ2) is 7.42. The molecule has 24 heavy (non-hydrogen) atoms. The summed E-state index contributed by atoms with van der Waals surface area (Å²) < 4.78 is 2.20. The molecule has 1 amide bonds. The van der Waals surface area contributed by atoms with Gasteiger partial charge in [0.15, 0.2) is 6.54 Å². The number of rotatable bonds is 5. The van der Waals surface area contributed by atoms with Crippen molar-refractivity contribution in [2.45, 2.75) is 13.5 Å². The number of nitrogens with zero attached hydrogens (tertiary/aromatic N) is 1. The second-order valence-electron chi connectivity index (χ2n) is 5.89. The average molecular weight is 405 g/mol. The molecular formula is C18H19BrN3OS+. The lowest BCUT2D eigenvalue weighted by Gasteiger charge is -2.13. The number of aryl methyl sites for hydroxylation is 1. The number of benzene rings is 2. The third kappa shape index (κ3) is 4.20. The summed E-state index contributed by atoms with van der Waals surface area (Å²) in [6.07, 6.45) is 0. The third-order valence-corrected chi connectivity index (χ3v) is 5.25. The number of aromatic nitrogens is 1. The number of hydrogen-bond acceptors (Lipinski definition) is 3. The van der Waals surface area contributed by atoms with E-state index in [1.165, 1.54) is 4.70 Å². The molecular weight excluding hydrogens is 386 g/mol. The monoisotopic (exact) mass is 404 g/mol. The van der Waals surface area contributed by atoms with E-state index in [0.29, 0.717) is 6.54 Å². The quantitative estimate of drug-likeness (QED) is 0.686. The van der Waals surface area contributed by atoms with Crippen LogP contribution in [0.1, 0.15) is 10.6 Å². The summed E-state index contributed by atoms with van der Waals surface area (Å²) in [5, 5.41) is 4.04. The number of fused-ring (bicyclic) bond motifs is 1. The number of carbonyl (C=O) groups excluding carboxylic acids is 1. The van der Waals surface area contributed by atoms with Gasteiger partial charge in [-0.2, -0.15) is 0 Å². The molecule has 1 aromatic heterocycles. The molecule has 3 aromatic rings. The fourth-order valence-corrected chi connectivity index (χ4v) is 4.11. The number of carbonyl (C=O) groups is 1. The second-order valence-corrected chi connectivity index (χ2v) is 7.92. The number of quaternary nitrogens is 1. The number of nitrogens with one attached hydrogen (secondary N) is 2. The highest BCUT2D eigenvalue weighted by Gasteiger charge is 2.14. The Hall–Kier alpha value is -1.76. The van der Waals surface area contributed by atoms with Crippen LogP contribution in [0.3, 0.4) is 0 Å². The van der Waals surface area contributed by atoms with Crippen LogP contribution in [0.2, 0.25) is 0 Å². The molecule has 2 N–H and O–H groups in total. The summed E-state index contributed by atoms with van der Waals surface area (Å²) in [4.78, 5) is 18.0. The van der Waals surface area contributed by atoms with Crippen molar-refractivity contribution in [1.82, 2.24) is 4.98 Å². The smallest absolute Gasteiger partial charge is 0.279 e. The van der Waals surface area contributed by atoms with Crippen LogP contribution in [0.25, 0.3) is 10.2 Å². The number of thiazole rings is 1. The summed E-state index contributed by atoms with van der Waals surface area (Å²) in [5.74, 6) is 0.0130. The Kier molecular flexibility index (Phi) is 5.28. The summed E-state index contributed by atoms with van der Waals surface area (Å²) in [7, 11) is 2.01. The molecule has 0 saturated heterocycles. The van der Waals surface area contributed by atoms with Crippen molar-refractivity contribution in [3.05, 3.63) is 57.5 Å². The van der Waals surface area contributed by atoms with Crippen LogP contribution in [-0.2, 0) is 11.3 Å². The van der Waals surface area contributed by atoms with Crippen molar-refractivity contribution in [1.29, 1.82) is 0 Å². The molecule has 2 aromatic carbocycles. The molecule has 1 heterocycles. The molecule has 4 nitrogen and oxygen atoms in total. The maximum absolute atomic E-state index is 12.3. The van der Waals surface area contributed by atoms with Gasteiger partial charge in [0.1, 0.15) is 11.6 Å². The Balaban J connectivity index is 1.59. The first-order valence-corrected chi connectivity index (χ1v) is 9.34. The van der Waals surface area contributed by atoms with E-state index in [4.69, 9.17) is 0 Å². The molecule has 0 fully saturated rings. The number of halogens is 1. The Morgan fingerprint density at radius 1 is 1.29 bits per heavy atom. The SMILES string of the molecule is Cc1cc(Br)ccc1NC(=O)C[NH+](C)Cc1nc2ccccc2s1. The van der Waals surface area contributed by atoms with Crippen molar-refractivity contribution in [2.24, 2.45) is 0 Å². The molecule has 6 heteroatoms. The van der Waals surface area contributed by atoms with Crippen LogP contribution in [0.5, 0.6) is 0 Å². The average Bonchev–Trinajstić information content (AvgIpc) is 2.91. The number of anilines is 1. The first-order valence-electron chi connectivity index (χ1n) is 7.73. The molecule has 0 saturated carbocycles. The molecule has 0 aliphatic heterocycles. The van der Waals surface area contributed by atoms with Crippen LogP contribution in [0.15, 0.2) is 46.9 Å². The fourth-order valence-electron chi connectivity index (χ4n) is 2.55. The maximum Gasteiger partial charge on any atom is 0.279 e. The molecule has 1 unspecified atom stereocenters. The maximum atomic E-state index is 12.3. The first kappa shape index (κ1) is 17.1. The predicted molar refractivity (Wildman–Crippen MR) is 103 cm³/mol. The van der Waals surface area contributed by atoms with Gasteiger partial charge in [-0.3, -0.25) is 4.79 Å². The topological polar surface area (TPSA) is 46.4 Å². The number of para-hydroxylation sites is 1. The summed E-state index contributed by atoms with van der Waals surface area (Å²) >= 11 is 5.12. The van der Waals surface area contributed by atoms with E-state index >= 15 is 0 Å². The minimum absolute atomic E-state index is 0.0130. The van der Waals surface area contributed by atoms with Crippen molar-refractivity contribution in [3.63, 3.8) is 0 Å². The lowest BCUT2D eigenvalue weighted by molar-refractivity contribution is -0.885. The van der Waals surface area contributed by atoms with E-state index in [2.05, 4.69) is 32.3 Å². The van der Waals surface area contributed by atoms with Gasteiger partial charge in [-0.05, 0) is 42.8 Å². The highest BCUT2D eigenvalue weighted by molar-refractivity contribution is 9.10. The largest absolute Gasteiger partial charge is 0.324 e. The molecule has 124 valence electrons. The summed E-state index contributed by atoms with van der Waals surface area (Å²) in [5.41, 5.74) is 2.93. The van der Waals surface area contributed by atoms with Gasteiger partial charge in [0.25, 0.3) is 5.91 Å². The Morgan fingerprint density at radius 3 is 2.83 bits per heavy atom. The minimum Gasteiger partial charge on any atom is -0.324 e. The highest BCUT2D eigenvalue weighted by Crippen LogP contribution is 2.21. The number of amides is 1. The van der Waals surface area contributed by atoms with E-state index < -0.39 is 0 Å². The predicted octanol–water partition coefficient (Wildman–Crippen LogP) is 3.02. The molecule has 3 rings (SSSR count). The van der Waals surface area contributed by atoms with Gasteiger partial charge in [0.2, 0.25) is 0 Å². The van der Waals surface area contributed by atoms with E-state index in [9.17, 15) is 4.79 Å². The van der Waals surface area contributed by atoms with Gasteiger partial charge < -0.3 is 10.2 Å². The van der Waals surface area contributed by atoms with Gasteiger partial charge in [-0.15, -0.1) is 11.3 Å². The first-order chi connectivity index (χ1) is 11.5. The standard InChI is InChI=1S/C18H18BrN3OS/c1-12-9-13(19)7-8-14(12)20-17(23)10-22(2)11-18-21-15-5-3-4-6-16(15)24-18/h3-9H,10-11H2,1-2H3,(H,20,23)/p+1. The van der Waals surface area contributed by atoms with Crippen molar-refractivity contribution in [2.75, 3.05) is 18.9 Å². The molecule has 0 aliphatic carbocycles. The third-order valence-electron chi connectivity index (χ3n) is 3.72. The zero-order chi connectivity index (χ0) is 17.1. The minimum atomic E-state index is 0.0130. The van der Waals surface area contributed by atoms with E-state index in [1.807, 2.05) is 50.4 Å². The van der Waals surface area contributed by atoms with Crippen LogP contribution >= 0.6 is 27.3 Å². The van der Waals surface area contributed by atoms with Crippen LogP contribution in [0, 0.1) is 6.92 Å². The van der Waals surface area contributed by atoms with Gasteiger partial charge in [0, 0.05) is 10.2 Å². The number of hydrogen-bond donors (Lipinski definition) is 2. The molecule has 0 bridgehead atoms. The van der Waals surface area contributed by atoms with Gasteiger partial charge in [-0.1, -0.05) is 28.1 Å². The lowest BCUT2D eigenvalue weighted by Crippen LogP contribution is -3.08. The van der Waals surface area contributed by atoms with Gasteiger partial charge in [0.05, 0.1) is 17.3 Å². The van der Waals surface area contributed by atoms with Gasteiger partial charge >= 0.3 is 0 Å². The fraction of sp³-hybridized carbons (Fsp3) is 0.222. The van der Waals surface area contributed by atoms with Crippen LogP contribution in [-0.4, -0.2) is 24.5 Å². The summed E-state index contributed by atoms with van der Waals surface area (Å²) in [6.45, 7) is 3.13. The van der Waals surface area contributed by atoms with E-state index in [-0.39, 0.29) is 5.91 Å². The van der Waals surface area contributed by atoms with Crippen molar-refractivity contribution < 1.29 is 9.69 Å². The van der Waals surface area contributed by atoms with Crippen LogP contribution < -0.4 is 10.2 Å². The van der Waals surface area contributed by atoms with Crippen molar-refractivity contribution >= 4 is 49.1 Å². The zero-order valence-electron chi connectivity index (χ0n) is 13.6. The zero-order valence-corrected chi connectivity index (χ0v) is 16.0. The van der Waals surface area contributed by atoms with Gasteiger partial charge in [-0.25, -0.2) is 4.98 Å². The molecule has 1 atom stereocenters.